The third-order valence-corrected chi connectivity index (χ3v) is 3.23. The maximum absolute atomic E-state index is 11.3. The number of esters is 1. The van der Waals surface area contributed by atoms with Crippen LogP contribution in [0, 0.1) is 0 Å². The molecule has 1 N–H and O–H groups in total. The molecule has 0 unspecified atom stereocenters. The van der Waals surface area contributed by atoms with Crippen LogP contribution in [-0.4, -0.2) is 24.2 Å². The molecule has 0 radical (unpaired) electrons. The Balaban J connectivity index is 3.07. The van der Waals surface area contributed by atoms with Crippen molar-refractivity contribution in [1.29, 1.82) is 0 Å². The van der Waals surface area contributed by atoms with Crippen molar-refractivity contribution in [2.24, 2.45) is 0 Å². The third-order valence-electron chi connectivity index (χ3n) is 3.23. The van der Waals surface area contributed by atoms with Crippen LogP contribution in [0.3, 0.4) is 0 Å². The van der Waals surface area contributed by atoms with Crippen molar-refractivity contribution in [3.63, 3.8) is 0 Å². The number of unbranched alkanes of at least 4 members (excludes halogenated alkanes) is 1. The fraction of sp³-hybridized carbons (Fsp3) is 0.375. The van der Waals surface area contributed by atoms with Gasteiger partial charge < -0.3 is 9.84 Å². The number of carboxylic acid groups (broad SMARTS) is 1. The Morgan fingerprint density at radius 3 is 2.15 bits per heavy atom. The van der Waals surface area contributed by atoms with Crippen molar-refractivity contribution in [3.8, 4) is 0 Å². The largest absolute Gasteiger partial charge is 0.478 e. The van der Waals surface area contributed by atoms with Gasteiger partial charge in [-0.2, -0.15) is 0 Å². The van der Waals surface area contributed by atoms with Gasteiger partial charge in [-0.25, -0.2) is 9.59 Å². The van der Waals surface area contributed by atoms with E-state index in [9.17, 15) is 14.7 Å². The van der Waals surface area contributed by atoms with Crippen molar-refractivity contribution in [3.05, 3.63) is 41.0 Å². The Morgan fingerprint density at radius 2 is 1.70 bits per heavy atom. The molecule has 0 amide bonds. The second-order valence-corrected chi connectivity index (χ2v) is 4.58. The van der Waals surface area contributed by atoms with E-state index in [2.05, 4.69) is 4.74 Å². The van der Waals surface area contributed by atoms with Gasteiger partial charge in [0.2, 0.25) is 0 Å². The van der Waals surface area contributed by atoms with Crippen molar-refractivity contribution >= 4 is 17.5 Å². The molecule has 0 aromatic heterocycles. The number of hydrogen-bond acceptors (Lipinski definition) is 3. The molecule has 1 rings (SSSR count). The van der Waals surface area contributed by atoms with Crippen LogP contribution in [0.5, 0.6) is 0 Å². The Morgan fingerprint density at radius 1 is 1.15 bits per heavy atom. The van der Waals surface area contributed by atoms with Gasteiger partial charge >= 0.3 is 11.9 Å². The van der Waals surface area contributed by atoms with Crippen LogP contribution in [0.2, 0.25) is 0 Å². The fourth-order valence-corrected chi connectivity index (χ4v) is 1.96. The van der Waals surface area contributed by atoms with Crippen molar-refractivity contribution < 1.29 is 19.4 Å². The predicted molar refractivity (Wildman–Crippen MR) is 77.5 cm³/mol. The number of carbonyl (C=O) groups excluding carboxylic acids is 1. The molecule has 0 spiro atoms. The highest BCUT2D eigenvalue weighted by atomic mass is 16.5. The van der Waals surface area contributed by atoms with E-state index in [0.717, 1.165) is 24.0 Å². The van der Waals surface area contributed by atoms with Crippen molar-refractivity contribution in [2.45, 2.75) is 33.1 Å². The zero-order chi connectivity index (χ0) is 15.1. The average Bonchev–Trinajstić information content (AvgIpc) is 2.46. The van der Waals surface area contributed by atoms with Crippen LogP contribution in [0.25, 0.3) is 5.57 Å². The zero-order valence-corrected chi connectivity index (χ0v) is 12.1. The van der Waals surface area contributed by atoms with E-state index in [1.165, 1.54) is 7.11 Å². The number of hydrogen-bond donors (Lipinski definition) is 1. The van der Waals surface area contributed by atoms with Crippen molar-refractivity contribution in [1.82, 2.24) is 0 Å². The summed E-state index contributed by atoms with van der Waals surface area (Å²) in [5.41, 5.74) is 2.43. The van der Waals surface area contributed by atoms with E-state index in [1.54, 1.807) is 31.2 Å². The van der Waals surface area contributed by atoms with E-state index in [4.69, 9.17) is 0 Å². The van der Waals surface area contributed by atoms with Crippen LogP contribution in [0.15, 0.2) is 29.8 Å². The third kappa shape index (κ3) is 3.95. The quantitative estimate of drug-likeness (QED) is 0.637. The Bertz CT molecular complexity index is 512. The fourth-order valence-electron chi connectivity index (χ4n) is 1.96. The summed E-state index contributed by atoms with van der Waals surface area (Å²) in [6.45, 7) is 3.83. The van der Waals surface area contributed by atoms with E-state index in [1.807, 2.05) is 6.92 Å². The van der Waals surface area contributed by atoms with Gasteiger partial charge in [-0.15, -0.1) is 0 Å². The lowest BCUT2D eigenvalue weighted by molar-refractivity contribution is -0.132. The van der Waals surface area contributed by atoms with Gasteiger partial charge in [-0.05, 0) is 43.0 Å². The molecule has 0 fully saturated rings. The number of carboxylic acids is 1. The minimum Gasteiger partial charge on any atom is -0.478 e. The van der Waals surface area contributed by atoms with Gasteiger partial charge in [-0.1, -0.05) is 25.5 Å². The first-order chi connectivity index (χ1) is 9.51. The van der Waals surface area contributed by atoms with Crippen molar-refractivity contribution in [2.75, 3.05) is 7.11 Å². The molecule has 0 heterocycles. The summed E-state index contributed by atoms with van der Waals surface area (Å²) in [5, 5.41) is 9.28. The number of carbonyl (C=O) groups is 2. The maximum atomic E-state index is 11.3. The predicted octanol–water partition coefficient (Wildman–Crippen LogP) is 3.52. The van der Waals surface area contributed by atoms with E-state index >= 15 is 0 Å². The lowest BCUT2D eigenvalue weighted by atomic mass is 9.97. The Labute approximate surface area is 119 Å². The average molecular weight is 276 g/mol. The highest BCUT2D eigenvalue weighted by Gasteiger charge is 2.13. The molecular formula is C16H20O4. The number of benzene rings is 1. The molecule has 0 atom stereocenters. The molecule has 4 heteroatoms. The number of aliphatic carboxylic acids is 1. The lowest BCUT2D eigenvalue weighted by Gasteiger charge is -2.09. The topological polar surface area (TPSA) is 63.6 Å². The first-order valence-corrected chi connectivity index (χ1v) is 6.63. The summed E-state index contributed by atoms with van der Waals surface area (Å²) in [5.74, 6) is -1.28. The van der Waals surface area contributed by atoms with Gasteiger partial charge in [0.05, 0.1) is 12.7 Å². The molecule has 0 saturated carbocycles. The SMILES string of the molecule is CCCC/C(C(=O)O)=C(/C)c1ccc(C(=O)OC)cc1. The summed E-state index contributed by atoms with van der Waals surface area (Å²) < 4.78 is 4.63. The second-order valence-electron chi connectivity index (χ2n) is 4.58. The number of ether oxygens (including phenoxy) is 1. The first kappa shape index (κ1) is 16.0. The summed E-state index contributed by atoms with van der Waals surface area (Å²) >= 11 is 0. The van der Waals surface area contributed by atoms with E-state index in [0.29, 0.717) is 17.6 Å². The number of allylic oxidation sites excluding steroid dienone is 1. The van der Waals surface area contributed by atoms with Gasteiger partial charge in [0.15, 0.2) is 0 Å². The highest BCUT2D eigenvalue weighted by molar-refractivity contribution is 5.96. The van der Waals surface area contributed by atoms with Crippen LogP contribution < -0.4 is 0 Å². The van der Waals surface area contributed by atoms with Crippen LogP contribution >= 0.6 is 0 Å². The number of methoxy groups -OCH3 is 1. The molecule has 0 bridgehead atoms. The van der Waals surface area contributed by atoms with Gasteiger partial charge in [0.25, 0.3) is 0 Å². The molecule has 0 saturated heterocycles. The molecule has 20 heavy (non-hydrogen) atoms. The van der Waals surface area contributed by atoms with Gasteiger partial charge in [0, 0.05) is 5.57 Å². The molecule has 4 nitrogen and oxygen atoms in total. The minimum absolute atomic E-state index is 0.400. The molecule has 108 valence electrons. The first-order valence-electron chi connectivity index (χ1n) is 6.63. The molecule has 0 aliphatic heterocycles. The van der Waals surface area contributed by atoms with Crippen LogP contribution in [0.4, 0.5) is 0 Å². The summed E-state index contributed by atoms with van der Waals surface area (Å²) in [7, 11) is 1.33. The van der Waals surface area contributed by atoms with Crippen LogP contribution in [0.1, 0.15) is 49.0 Å². The van der Waals surface area contributed by atoms with Crippen LogP contribution in [-0.2, 0) is 9.53 Å². The molecule has 1 aromatic rings. The summed E-state index contributed by atoms with van der Waals surface area (Å²) in [4.78, 5) is 22.7. The second kappa shape index (κ2) is 7.48. The maximum Gasteiger partial charge on any atom is 0.337 e. The smallest absolute Gasteiger partial charge is 0.337 e. The Kier molecular flexibility index (Phi) is 5.97. The normalized spacial score (nSPS) is 11.8. The molecule has 0 aliphatic rings. The Hall–Kier alpha value is -2.10. The van der Waals surface area contributed by atoms with Gasteiger partial charge in [-0.3, -0.25) is 0 Å². The summed E-state index contributed by atoms with van der Waals surface area (Å²) in [6.07, 6.45) is 2.35. The minimum atomic E-state index is -0.881. The lowest BCUT2D eigenvalue weighted by Crippen LogP contribution is -2.04. The molecule has 1 aromatic carbocycles. The highest BCUT2D eigenvalue weighted by Crippen LogP contribution is 2.23. The molecular weight excluding hydrogens is 256 g/mol. The standard InChI is InChI=1S/C16H20O4/c1-4-5-6-14(15(17)18)11(2)12-7-9-13(10-8-12)16(19)20-3/h7-10H,4-6H2,1-3H3,(H,17,18)/b14-11+. The number of rotatable bonds is 6. The van der Waals surface area contributed by atoms with E-state index < -0.39 is 11.9 Å². The summed E-state index contributed by atoms with van der Waals surface area (Å²) in [6, 6.07) is 6.78. The van der Waals surface area contributed by atoms with E-state index in [-0.39, 0.29) is 0 Å². The van der Waals surface area contributed by atoms with Gasteiger partial charge in [0.1, 0.15) is 0 Å². The monoisotopic (exact) mass is 276 g/mol. The molecule has 0 aliphatic carbocycles. The zero-order valence-electron chi connectivity index (χ0n) is 12.1.